The molecule has 0 bridgehead atoms. The minimum absolute atomic E-state index is 0.126. The molecule has 2 aromatic carbocycles. The second-order valence-corrected chi connectivity index (χ2v) is 9.64. The van der Waals surface area contributed by atoms with Gasteiger partial charge in [0.1, 0.15) is 5.82 Å². The molecule has 188 valence electrons. The van der Waals surface area contributed by atoms with E-state index in [1.165, 1.54) is 0 Å². The van der Waals surface area contributed by atoms with Crippen molar-refractivity contribution in [1.29, 1.82) is 0 Å². The number of hydrogen-bond donors (Lipinski definition) is 1. The fourth-order valence-corrected chi connectivity index (χ4v) is 5.61. The number of halogens is 2. The minimum Gasteiger partial charge on any atom is -0.478 e. The van der Waals surface area contributed by atoms with Crippen LogP contribution >= 0.6 is 0 Å². The van der Waals surface area contributed by atoms with Crippen LogP contribution < -0.4 is 0 Å². The quantitative estimate of drug-likeness (QED) is 0.304. The normalized spacial score (nSPS) is 14.8. The van der Waals surface area contributed by atoms with Crippen molar-refractivity contribution in [1.82, 2.24) is 19.1 Å². The van der Waals surface area contributed by atoms with E-state index in [1.807, 2.05) is 43.5 Å². The molecule has 0 aliphatic heterocycles. The molecule has 0 radical (unpaired) electrons. The van der Waals surface area contributed by atoms with Crippen molar-refractivity contribution in [3.8, 4) is 11.4 Å². The molecule has 0 fully saturated rings. The van der Waals surface area contributed by atoms with Crippen LogP contribution in [0, 0.1) is 0 Å². The molecule has 5 aromatic rings. The number of pyridine rings is 1. The number of aryl methyl sites for hydroxylation is 3. The number of rotatable bonds is 6. The summed E-state index contributed by atoms with van der Waals surface area (Å²) < 4.78 is 33.1. The number of aromatic carboxylic acids is 1. The van der Waals surface area contributed by atoms with Gasteiger partial charge in [-0.15, -0.1) is 0 Å². The molecule has 1 N–H and O–H groups in total. The Morgan fingerprint density at radius 1 is 1.11 bits per heavy atom. The summed E-state index contributed by atoms with van der Waals surface area (Å²) in [5, 5.41) is 10.3. The number of carboxylic acid groups (broad SMARTS) is 1. The van der Waals surface area contributed by atoms with Crippen LogP contribution in [0.15, 0.2) is 60.9 Å². The Bertz CT molecular complexity index is 1650. The lowest BCUT2D eigenvalue weighted by atomic mass is 9.92. The minimum atomic E-state index is -2.71. The highest BCUT2D eigenvalue weighted by Crippen LogP contribution is 2.40. The highest BCUT2D eigenvalue weighted by Gasteiger charge is 2.37. The van der Waals surface area contributed by atoms with Crippen LogP contribution in [0.4, 0.5) is 8.78 Å². The maximum absolute atomic E-state index is 14.4. The maximum atomic E-state index is 14.4. The van der Waals surface area contributed by atoms with E-state index in [2.05, 4.69) is 14.1 Å². The van der Waals surface area contributed by atoms with Gasteiger partial charge in [0.25, 0.3) is 5.92 Å². The summed E-state index contributed by atoms with van der Waals surface area (Å²) in [4.78, 5) is 20.6. The van der Waals surface area contributed by atoms with Gasteiger partial charge < -0.3 is 14.2 Å². The first-order valence-corrected chi connectivity index (χ1v) is 12.5. The third-order valence-corrected chi connectivity index (χ3v) is 7.37. The first-order valence-electron chi connectivity index (χ1n) is 12.5. The third kappa shape index (κ3) is 4.06. The molecule has 0 spiro atoms. The number of aromatic nitrogens is 4. The van der Waals surface area contributed by atoms with Gasteiger partial charge in [-0.05, 0) is 73.4 Å². The van der Waals surface area contributed by atoms with E-state index in [0.717, 1.165) is 45.3 Å². The highest BCUT2D eigenvalue weighted by atomic mass is 19.3. The fourth-order valence-electron chi connectivity index (χ4n) is 5.61. The summed E-state index contributed by atoms with van der Waals surface area (Å²) in [5.74, 6) is -3.04. The van der Waals surface area contributed by atoms with Gasteiger partial charge in [-0.1, -0.05) is 6.07 Å². The van der Waals surface area contributed by atoms with E-state index in [9.17, 15) is 18.7 Å². The SMILES string of the molecule is CCn1c2c(c3cc(-c4nc5cc(C(=O)O)ccc5n4CCc4cccnc4)ccc31)CC(F)(F)CC2. The van der Waals surface area contributed by atoms with Crippen LogP contribution in [0.1, 0.15) is 40.5 Å². The first kappa shape index (κ1) is 23.3. The molecule has 3 aromatic heterocycles. The van der Waals surface area contributed by atoms with Gasteiger partial charge >= 0.3 is 5.97 Å². The highest BCUT2D eigenvalue weighted by molar-refractivity contribution is 5.94. The number of carbonyl (C=O) groups is 1. The summed E-state index contributed by atoms with van der Waals surface area (Å²) >= 11 is 0. The summed E-state index contributed by atoms with van der Waals surface area (Å²) in [6, 6.07) is 14.8. The zero-order chi connectivity index (χ0) is 25.7. The Hall–Kier alpha value is -4.07. The lowest BCUT2D eigenvalue weighted by molar-refractivity contribution is -0.0125. The predicted molar refractivity (Wildman–Crippen MR) is 138 cm³/mol. The largest absolute Gasteiger partial charge is 0.478 e. The van der Waals surface area contributed by atoms with E-state index in [4.69, 9.17) is 4.98 Å². The molecule has 0 amide bonds. The van der Waals surface area contributed by atoms with Crippen LogP contribution in [0.2, 0.25) is 0 Å². The Morgan fingerprint density at radius 3 is 2.70 bits per heavy atom. The molecule has 37 heavy (non-hydrogen) atoms. The summed E-state index contributed by atoms with van der Waals surface area (Å²) in [6.45, 7) is 3.37. The predicted octanol–water partition coefficient (Wildman–Crippen LogP) is 6.14. The number of hydrogen-bond acceptors (Lipinski definition) is 3. The number of carboxylic acids is 1. The number of alkyl halides is 2. The number of fused-ring (bicyclic) bond motifs is 4. The van der Waals surface area contributed by atoms with Gasteiger partial charge in [0.15, 0.2) is 0 Å². The van der Waals surface area contributed by atoms with Crippen molar-refractivity contribution >= 4 is 27.9 Å². The second-order valence-electron chi connectivity index (χ2n) is 9.64. The summed E-state index contributed by atoms with van der Waals surface area (Å²) in [5.41, 5.74) is 6.14. The zero-order valence-electron chi connectivity index (χ0n) is 20.4. The molecule has 3 heterocycles. The van der Waals surface area contributed by atoms with Crippen LogP contribution in [-0.4, -0.2) is 36.1 Å². The number of imidazole rings is 1. The number of benzene rings is 2. The van der Waals surface area contributed by atoms with E-state index in [-0.39, 0.29) is 18.4 Å². The fraction of sp³-hybridized carbons (Fsp3) is 0.276. The van der Waals surface area contributed by atoms with Gasteiger partial charge in [-0.25, -0.2) is 18.6 Å². The molecule has 1 aliphatic rings. The van der Waals surface area contributed by atoms with Crippen LogP contribution in [0.3, 0.4) is 0 Å². The molecule has 0 unspecified atom stereocenters. The van der Waals surface area contributed by atoms with Crippen molar-refractivity contribution in [2.45, 2.75) is 51.6 Å². The molecular formula is C29H26F2N4O2. The van der Waals surface area contributed by atoms with Crippen molar-refractivity contribution in [3.05, 3.63) is 83.3 Å². The number of nitrogens with zero attached hydrogens (tertiary/aromatic N) is 4. The van der Waals surface area contributed by atoms with E-state index < -0.39 is 11.9 Å². The van der Waals surface area contributed by atoms with Crippen LogP contribution in [-0.2, 0) is 32.4 Å². The van der Waals surface area contributed by atoms with E-state index >= 15 is 0 Å². The molecule has 1 aliphatic carbocycles. The molecule has 6 rings (SSSR count). The standard InChI is InChI=1S/C29H26F2N4O2/c1-2-34-24-7-5-19(14-21(24)22-16-29(30,31)11-9-25(22)34)27-33-23-15-20(28(36)37)6-8-26(23)35(27)13-10-18-4-3-12-32-17-18/h3-8,12,14-15,17H,2,9-11,13,16H2,1H3,(H,36,37). The summed E-state index contributed by atoms with van der Waals surface area (Å²) in [7, 11) is 0. The molecule has 0 atom stereocenters. The van der Waals surface area contributed by atoms with Gasteiger partial charge in [0, 0.05) is 60.5 Å². The first-order chi connectivity index (χ1) is 17.8. The van der Waals surface area contributed by atoms with Gasteiger partial charge in [-0.3, -0.25) is 4.98 Å². The smallest absolute Gasteiger partial charge is 0.335 e. The van der Waals surface area contributed by atoms with Crippen molar-refractivity contribution in [2.75, 3.05) is 0 Å². The zero-order valence-corrected chi connectivity index (χ0v) is 20.4. The van der Waals surface area contributed by atoms with Crippen molar-refractivity contribution < 1.29 is 18.7 Å². The molecule has 0 saturated heterocycles. The topological polar surface area (TPSA) is 72.9 Å². The lowest BCUT2D eigenvalue weighted by Gasteiger charge is -2.23. The average Bonchev–Trinajstić information content (AvgIpc) is 3.41. The molecule has 0 saturated carbocycles. The van der Waals surface area contributed by atoms with Gasteiger partial charge in [-0.2, -0.15) is 0 Å². The molecule has 8 heteroatoms. The Labute approximate surface area is 212 Å². The van der Waals surface area contributed by atoms with E-state index in [1.54, 1.807) is 24.4 Å². The van der Waals surface area contributed by atoms with E-state index in [0.29, 0.717) is 30.7 Å². The average molecular weight is 501 g/mol. The lowest BCUT2D eigenvalue weighted by Crippen LogP contribution is -2.26. The van der Waals surface area contributed by atoms with Crippen molar-refractivity contribution in [2.24, 2.45) is 0 Å². The molecular weight excluding hydrogens is 474 g/mol. The monoisotopic (exact) mass is 500 g/mol. The second kappa shape index (κ2) is 8.80. The third-order valence-electron chi connectivity index (χ3n) is 7.37. The van der Waals surface area contributed by atoms with Gasteiger partial charge in [0.05, 0.1) is 16.6 Å². The summed E-state index contributed by atoms with van der Waals surface area (Å²) in [6.07, 6.45) is 4.25. The van der Waals surface area contributed by atoms with Crippen LogP contribution in [0.5, 0.6) is 0 Å². The molecule has 6 nitrogen and oxygen atoms in total. The van der Waals surface area contributed by atoms with Gasteiger partial charge in [0.2, 0.25) is 0 Å². The Kier molecular flexibility index (Phi) is 5.55. The Balaban J connectivity index is 1.51. The maximum Gasteiger partial charge on any atom is 0.335 e. The Morgan fingerprint density at radius 2 is 1.95 bits per heavy atom. The van der Waals surface area contributed by atoms with Crippen molar-refractivity contribution in [3.63, 3.8) is 0 Å². The van der Waals surface area contributed by atoms with Crippen LogP contribution in [0.25, 0.3) is 33.3 Å².